The van der Waals surface area contributed by atoms with Crippen LogP contribution in [0.25, 0.3) is 0 Å². The predicted molar refractivity (Wildman–Crippen MR) is 35.3 cm³/mol. The number of aliphatic hydroxyl groups is 2. The molecule has 5 heteroatoms. The standard InChI is InChI=1S/C4H7NO.C2H5O2.Pt/c6-4-2-1-3-5-4;3-1-2-4;/h1-3H2,(H,5,6);1,3-4H,2H2;. The molecule has 0 aromatic rings. The van der Waals surface area contributed by atoms with Gasteiger partial charge in [-0.05, 0) is 6.42 Å². The summed E-state index contributed by atoms with van der Waals surface area (Å²) in [6.45, 7) is 0.736. The molecule has 0 aliphatic carbocycles. The summed E-state index contributed by atoms with van der Waals surface area (Å²) in [6, 6.07) is 0. The molecule has 3 N–H and O–H groups in total. The Morgan fingerprint density at radius 2 is 2.27 bits per heavy atom. The molecule has 1 heterocycles. The van der Waals surface area contributed by atoms with Crippen molar-refractivity contribution >= 4 is 5.91 Å². The molecule has 1 rings (SSSR count). The number of nitrogens with one attached hydrogen (secondary N) is 1. The van der Waals surface area contributed by atoms with Crippen molar-refractivity contribution in [3.63, 3.8) is 0 Å². The minimum absolute atomic E-state index is 0.151. The van der Waals surface area contributed by atoms with Gasteiger partial charge >= 0.3 is 41.1 Å². The summed E-state index contributed by atoms with van der Waals surface area (Å²) in [5.74, 6) is 0.204. The summed E-state index contributed by atoms with van der Waals surface area (Å²) in [4.78, 5) is 10.1. The van der Waals surface area contributed by atoms with Crippen molar-refractivity contribution in [3.8, 4) is 0 Å². The van der Waals surface area contributed by atoms with Crippen LogP contribution in [0.4, 0.5) is 0 Å². The van der Waals surface area contributed by atoms with Crippen LogP contribution in [0, 0.1) is 0 Å². The van der Waals surface area contributed by atoms with Crippen molar-refractivity contribution in [2.24, 2.45) is 0 Å². The second-order valence-corrected chi connectivity index (χ2v) is 3.54. The number of carbonyl (C=O) groups is 1. The van der Waals surface area contributed by atoms with Gasteiger partial charge in [0.15, 0.2) is 0 Å². The molecule has 69 valence electrons. The van der Waals surface area contributed by atoms with Gasteiger partial charge in [0.05, 0.1) is 0 Å². The molecule has 0 aromatic heterocycles. The van der Waals surface area contributed by atoms with Crippen molar-refractivity contribution in [1.29, 1.82) is 0 Å². The molecular formula is C6H12NO3Pt. The Bertz CT molecular complexity index is 110. The van der Waals surface area contributed by atoms with E-state index in [1.165, 1.54) is 0 Å². The van der Waals surface area contributed by atoms with Gasteiger partial charge in [-0.1, -0.05) is 0 Å². The van der Waals surface area contributed by atoms with E-state index in [9.17, 15) is 4.79 Å². The summed E-state index contributed by atoms with van der Waals surface area (Å²) in [5.41, 5.74) is 0. The Morgan fingerprint density at radius 3 is 2.36 bits per heavy atom. The first-order valence-corrected chi connectivity index (χ1v) is 4.64. The third kappa shape index (κ3) is 7.98. The van der Waals surface area contributed by atoms with Gasteiger partial charge in [0.1, 0.15) is 0 Å². The zero-order valence-corrected chi connectivity index (χ0v) is 8.30. The van der Waals surface area contributed by atoms with E-state index in [0.29, 0.717) is 0 Å². The molecule has 0 bridgehead atoms. The monoisotopic (exact) mass is 341 g/mol. The topological polar surface area (TPSA) is 69.6 Å². The summed E-state index contributed by atoms with van der Waals surface area (Å²) in [5, 5.41) is 18.7. The second kappa shape index (κ2) is 6.77. The fraction of sp³-hybridized carbons (Fsp3) is 0.833. The third-order valence-electron chi connectivity index (χ3n) is 1.04. The van der Waals surface area contributed by atoms with Gasteiger partial charge in [0.25, 0.3) is 0 Å². The van der Waals surface area contributed by atoms with E-state index in [1.54, 1.807) is 19.8 Å². The molecule has 1 aliphatic heterocycles. The maximum absolute atomic E-state index is 10.1. The molecule has 0 aromatic carbocycles. The van der Waals surface area contributed by atoms with E-state index in [4.69, 9.17) is 10.2 Å². The minimum atomic E-state index is -0.588. The van der Waals surface area contributed by atoms with Gasteiger partial charge in [0.2, 0.25) is 5.91 Å². The van der Waals surface area contributed by atoms with Gasteiger partial charge in [0, 0.05) is 13.0 Å². The molecule has 0 spiro atoms. The SMILES string of the molecule is O=C1CCCN1.OC[CH](O)[Pt]. The van der Waals surface area contributed by atoms with E-state index >= 15 is 0 Å². The number of rotatable bonds is 1. The van der Waals surface area contributed by atoms with E-state index in [2.05, 4.69) is 5.32 Å². The van der Waals surface area contributed by atoms with Gasteiger partial charge < -0.3 is 5.32 Å². The molecule has 0 saturated carbocycles. The van der Waals surface area contributed by atoms with Crippen molar-refractivity contribution in [2.75, 3.05) is 13.2 Å². The zero-order valence-electron chi connectivity index (χ0n) is 6.02. The molecule has 0 radical (unpaired) electrons. The first kappa shape index (κ1) is 11.1. The summed E-state index contributed by atoms with van der Waals surface area (Å²) in [6.07, 6.45) is 1.76. The van der Waals surface area contributed by atoms with Gasteiger partial charge in [-0.2, -0.15) is 0 Å². The zero-order chi connectivity index (χ0) is 8.69. The Hall–Kier alpha value is 0.0783. The predicted octanol–water partition coefficient (Wildman–Crippen LogP) is -1.26. The van der Waals surface area contributed by atoms with Crippen LogP contribution in [-0.2, 0) is 24.6 Å². The molecule has 1 fully saturated rings. The van der Waals surface area contributed by atoms with E-state index in [1.807, 2.05) is 0 Å². The van der Waals surface area contributed by atoms with Crippen LogP contribution in [0.5, 0.6) is 0 Å². The first-order chi connectivity index (χ1) is 5.16. The second-order valence-electron chi connectivity index (χ2n) is 2.03. The fourth-order valence-electron chi connectivity index (χ4n) is 0.565. The molecular weight excluding hydrogens is 329 g/mol. The van der Waals surface area contributed by atoms with Gasteiger partial charge in [-0.3, -0.25) is 4.79 Å². The first-order valence-electron chi connectivity index (χ1n) is 3.33. The molecule has 11 heavy (non-hydrogen) atoms. The Kier molecular flexibility index (Phi) is 6.82. The molecule has 4 nitrogen and oxygen atoms in total. The van der Waals surface area contributed by atoms with Gasteiger partial charge in [-0.15, -0.1) is 0 Å². The van der Waals surface area contributed by atoms with E-state index < -0.39 is 4.49 Å². The van der Waals surface area contributed by atoms with Crippen molar-refractivity contribution in [1.82, 2.24) is 5.32 Å². The Labute approximate surface area is 76.9 Å². The number of hydrogen-bond donors (Lipinski definition) is 3. The third-order valence-corrected chi connectivity index (χ3v) is 1.46. The molecule has 1 unspecified atom stereocenters. The van der Waals surface area contributed by atoms with Crippen LogP contribution in [0.1, 0.15) is 12.8 Å². The quantitative estimate of drug-likeness (QED) is 0.558. The van der Waals surface area contributed by atoms with Crippen molar-refractivity contribution in [3.05, 3.63) is 0 Å². The van der Waals surface area contributed by atoms with Crippen LogP contribution in [-0.4, -0.2) is 33.8 Å². The van der Waals surface area contributed by atoms with Crippen molar-refractivity contribution in [2.45, 2.75) is 17.3 Å². The summed E-state index contributed by atoms with van der Waals surface area (Å²) in [7, 11) is 0. The Balaban J connectivity index is 0.000000187. The normalized spacial score (nSPS) is 18.4. The number of aliphatic hydroxyl groups excluding tert-OH is 2. The molecule has 1 saturated heterocycles. The summed E-state index contributed by atoms with van der Waals surface area (Å²) < 4.78 is -0.588. The molecule has 1 aliphatic rings. The van der Waals surface area contributed by atoms with Crippen LogP contribution in [0.2, 0.25) is 0 Å². The number of hydrogen-bond acceptors (Lipinski definition) is 3. The maximum atomic E-state index is 10.1. The number of amides is 1. The van der Waals surface area contributed by atoms with Crippen LogP contribution in [0.3, 0.4) is 0 Å². The Morgan fingerprint density at radius 1 is 1.73 bits per heavy atom. The van der Waals surface area contributed by atoms with E-state index in [0.717, 1.165) is 19.4 Å². The molecule has 1 amide bonds. The summed E-state index contributed by atoms with van der Waals surface area (Å²) >= 11 is 1.70. The average molecular weight is 341 g/mol. The fourth-order valence-corrected chi connectivity index (χ4v) is 0.565. The van der Waals surface area contributed by atoms with Crippen molar-refractivity contribution < 1.29 is 34.8 Å². The van der Waals surface area contributed by atoms with E-state index in [-0.39, 0.29) is 12.5 Å². The molecule has 1 atom stereocenters. The van der Waals surface area contributed by atoms with Crippen LogP contribution < -0.4 is 5.32 Å². The average Bonchev–Trinajstić information content (AvgIpc) is 2.41. The number of carbonyl (C=O) groups excluding carboxylic acids is 1. The van der Waals surface area contributed by atoms with Crippen LogP contribution in [0.15, 0.2) is 0 Å². The van der Waals surface area contributed by atoms with Gasteiger partial charge in [-0.25, -0.2) is 0 Å². The van der Waals surface area contributed by atoms with Crippen LogP contribution >= 0.6 is 0 Å².